The first-order valence-corrected chi connectivity index (χ1v) is 6.12. The number of nitrogens with one attached hydrogen (secondary N) is 1. The summed E-state index contributed by atoms with van der Waals surface area (Å²) >= 11 is 0. The highest BCUT2D eigenvalue weighted by atomic mass is 16.6. The van der Waals surface area contributed by atoms with Crippen LogP contribution < -0.4 is 10.1 Å². The Bertz CT molecular complexity index is 444. The van der Waals surface area contributed by atoms with Gasteiger partial charge < -0.3 is 20.2 Å². The van der Waals surface area contributed by atoms with E-state index in [-0.39, 0.29) is 17.7 Å². The molecule has 1 saturated carbocycles. The minimum atomic E-state index is -0.497. The van der Waals surface area contributed by atoms with Crippen LogP contribution in [0.2, 0.25) is 0 Å². The molecule has 2 rings (SSSR count). The zero-order valence-electron chi connectivity index (χ0n) is 10.5. The molecule has 0 radical (unpaired) electrons. The van der Waals surface area contributed by atoms with E-state index >= 15 is 0 Å². The number of ether oxygens (including phenoxy) is 1. The molecule has 0 saturated heterocycles. The molecular weight excluding hydrogens is 234 g/mol. The lowest BCUT2D eigenvalue weighted by molar-refractivity contribution is -0.390. The van der Waals surface area contributed by atoms with Crippen molar-refractivity contribution in [3.8, 4) is 5.75 Å². The molecule has 1 aromatic rings. The number of aromatic nitrogens is 1. The van der Waals surface area contributed by atoms with Gasteiger partial charge in [-0.05, 0) is 41.4 Å². The smallest absolute Gasteiger partial charge is 0.406 e. The molecule has 1 fully saturated rings. The largest absolute Gasteiger partial charge is 0.482 e. The summed E-state index contributed by atoms with van der Waals surface area (Å²) < 4.78 is 5.63. The van der Waals surface area contributed by atoms with Gasteiger partial charge >= 0.3 is 5.82 Å². The van der Waals surface area contributed by atoms with Crippen LogP contribution in [0.3, 0.4) is 0 Å². The van der Waals surface area contributed by atoms with Gasteiger partial charge in [-0.1, -0.05) is 6.92 Å². The topological polar surface area (TPSA) is 77.3 Å². The Hall–Kier alpha value is -1.69. The molecular formula is C12H17N3O3. The third kappa shape index (κ3) is 2.76. The highest BCUT2D eigenvalue weighted by molar-refractivity contribution is 5.40. The van der Waals surface area contributed by atoms with E-state index in [9.17, 15) is 10.1 Å². The summed E-state index contributed by atoms with van der Waals surface area (Å²) in [4.78, 5) is 14.3. The molecule has 1 aliphatic rings. The Balaban J connectivity index is 2.00. The van der Waals surface area contributed by atoms with Gasteiger partial charge in [0.1, 0.15) is 11.8 Å². The molecule has 0 unspecified atom stereocenters. The van der Waals surface area contributed by atoms with Gasteiger partial charge in [-0.3, -0.25) is 0 Å². The second kappa shape index (κ2) is 5.30. The average Bonchev–Trinajstić information content (AvgIpc) is 2.28. The first-order chi connectivity index (χ1) is 8.60. The van der Waals surface area contributed by atoms with Crippen LogP contribution in [0.1, 0.15) is 25.5 Å². The van der Waals surface area contributed by atoms with Crippen molar-refractivity contribution in [2.45, 2.75) is 38.8 Å². The van der Waals surface area contributed by atoms with Crippen molar-refractivity contribution in [1.82, 2.24) is 10.3 Å². The predicted molar refractivity (Wildman–Crippen MR) is 66.7 cm³/mol. The monoisotopic (exact) mass is 251 g/mol. The van der Waals surface area contributed by atoms with Crippen LogP contribution in [0.25, 0.3) is 0 Å². The average molecular weight is 251 g/mol. The van der Waals surface area contributed by atoms with Crippen molar-refractivity contribution in [2.75, 3.05) is 6.54 Å². The Morgan fingerprint density at radius 3 is 2.89 bits per heavy atom. The van der Waals surface area contributed by atoms with Gasteiger partial charge in [0.2, 0.25) is 5.75 Å². The third-order valence-electron chi connectivity index (χ3n) is 3.03. The van der Waals surface area contributed by atoms with E-state index in [0.717, 1.165) is 19.4 Å². The summed E-state index contributed by atoms with van der Waals surface area (Å²) in [6.07, 6.45) is 1.83. The molecule has 0 atom stereocenters. The van der Waals surface area contributed by atoms with Crippen molar-refractivity contribution >= 4 is 5.82 Å². The Kier molecular flexibility index (Phi) is 3.76. The fraction of sp³-hybridized carbons (Fsp3) is 0.583. The summed E-state index contributed by atoms with van der Waals surface area (Å²) in [5, 5.41) is 14.2. The van der Waals surface area contributed by atoms with E-state index in [1.807, 2.05) is 0 Å². The van der Waals surface area contributed by atoms with Gasteiger partial charge in [-0.15, -0.1) is 0 Å². The Morgan fingerprint density at radius 1 is 1.56 bits per heavy atom. The van der Waals surface area contributed by atoms with E-state index in [2.05, 4.69) is 17.2 Å². The van der Waals surface area contributed by atoms with Crippen LogP contribution >= 0.6 is 0 Å². The van der Waals surface area contributed by atoms with Gasteiger partial charge in [-0.25, -0.2) is 0 Å². The maximum absolute atomic E-state index is 10.9. The minimum Gasteiger partial charge on any atom is -0.482 e. The second-order valence-corrected chi connectivity index (χ2v) is 4.50. The molecule has 6 heteroatoms. The third-order valence-corrected chi connectivity index (χ3v) is 3.03. The standard InChI is InChI=1S/C12H17N3O3/c1-3-13-9-6-10(7-9)18-11-5-4-8(2)14-12(11)15(16)17/h4-5,9-10,13H,3,6-7H2,1-2H3. The molecule has 1 heterocycles. The molecule has 6 nitrogen and oxygen atoms in total. The number of hydrogen-bond acceptors (Lipinski definition) is 5. The summed E-state index contributed by atoms with van der Waals surface area (Å²) in [5.41, 5.74) is 0.619. The van der Waals surface area contributed by atoms with Gasteiger partial charge in [0, 0.05) is 13.0 Å². The van der Waals surface area contributed by atoms with Crippen molar-refractivity contribution < 1.29 is 9.66 Å². The molecule has 0 spiro atoms. The lowest BCUT2D eigenvalue weighted by atomic mass is 9.89. The molecule has 18 heavy (non-hydrogen) atoms. The van der Waals surface area contributed by atoms with Gasteiger partial charge in [-0.2, -0.15) is 0 Å². The minimum absolute atomic E-state index is 0.0530. The fourth-order valence-corrected chi connectivity index (χ4v) is 2.05. The molecule has 1 N–H and O–H groups in total. The van der Waals surface area contributed by atoms with E-state index in [0.29, 0.717) is 11.7 Å². The number of hydrogen-bond donors (Lipinski definition) is 1. The summed E-state index contributed by atoms with van der Waals surface area (Å²) in [6, 6.07) is 3.82. The number of pyridine rings is 1. The Labute approximate surface area is 106 Å². The van der Waals surface area contributed by atoms with Crippen LogP contribution in [-0.4, -0.2) is 28.6 Å². The molecule has 0 aromatic carbocycles. The maximum atomic E-state index is 10.9. The van der Waals surface area contributed by atoms with E-state index in [1.165, 1.54) is 0 Å². The van der Waals surface area contributed by atoms with Crippen molar-refractivity contribution in [2.24, 2.45) is 0 Å². The van der Waals surface area contributed by atoms with Gasteiger partial charge in [0.15, 0.2) is 0 Å². The number of nitro groups is 1. The quantitative estimate of drug-likeness (QED) is 0.638. The van der Waals surface area contributed by atoms with Crippen LogP contribution in [-0.2, 0) is 0 Å². The molecule has 1 aromatic heterocycles. The van der Waals surface area contributed by atoms with E-state index in [4.69, 9.17) is 4.74 Å². The maximum Gasteiger partial charge on any atom is 0.406 e. The predicted octanol–water partition coefficient (Wildman–Crippen LogP) is 1.82. The van der Waals surface area contributed by atoms with Crippen LogP contribution in [0.4, 0.5) is 5.82 Å². The van der Waals surface area contributed by atoms with Gasteiger partial charge in [0.25, 0.3) is 0 Å². The number of aryl methyl sites for hydroxylation is 1. The van der Waals surface area contributed by atoms with Crippen molar-refractivity contribution in [3.05, 3.63) is 27.9 Å². The molecule has 1 aliphatic carbocycles. The zero-order valence-corrected chi connectivity index (χ0v) is 10.5. The van der Waals surface area contributed by atoms with Crippen molar-refractivity contribution in [1.29, 1.82) is 0 Å². The first kappa shape index (κ1) is 12.8. The lowest BCUT2D eigenvalue weighted by Crippen LogP contribution is -2.46. The highest BCUT2D eigenvalue weighted by Crippen LogP contribution is 2.31. The SMILES string of the molecule is CCNC1CC(Oc2ccc(C)nc2[N+](=O)[O-])C1. The molecule has 0 bridgehead atoms. The summed E-state index contributed by atoms with van der Waals surface area (Å²) in [6.45, 7) is 4.72. The van der Waals surface area contributed by atoms with Crippen LogP contribution in [0, 0.1) is 17.0 Å². The normalized spacial score (nSPS) is 22.3. The molecule has 98 valence electrons. The van der Waals surface area contributed by atoms with Crippen molar-refractivity contribution in [3.63, 3.8) is 0 Å². The van der Waals surface area contributed by atoms with Gasteiger partial charge in [0.05, 0.1) is 0 Å². The number of rotatable bonds is 5. The molecule has 0 aliphatic heterocycles. The number of nitrogens with zero attached hydrogens (tertiary/aromatic N) is 2. The van der Waals surface area contributed by atoms with E-state index < -0.39 is 4.92 Å². The van der Waals surface area contributed by atoms with Crippen LogP contribution in [0.5, 0.6) is 5.75 Å². The zero-order chi connectivity index (χ0) is 13.1. The first-order valence-electron chi connectivity index (χ1n) is 6.12. The Morgan fingerprint density at radius 2 is 2.28 bits per heavy atom. The highest BCUT2D eigenvalue weighted by Gasteiger charge is 2.32. The summed E-state index contributed by atoms with van der Waals surface area (Å²) in [7, 11) is 0. The summed E-state index contributed by atoms with van der Waals surface area (Å²) in [5.74, 6) is 0.0763. The second-order valence-electron chi connectivity index (χ2n) is 4.50. The fourth-order valence-electron chi connectivity index (χ4n) is 2.05. The van der Waals surface area contributed by atoms with Crippen LogP contribution in [0.15, 0.2) is 12.1 Å². The lowest BCUT2D eigenvalue weighted by Gasteiger charge is -2.35. The van der Waals surface area contributed by atoms with E-state index in [1.54, 1.807) is 19.1 Å². The molecule has 0 amide bonds.